The molecule has 4 rings (SSSR count). The third-order valence-corrected chi connectivity index (χ3v) is 5.31. The van der Waals surface area contributed by atoms with Crippen molar-refractivity contribution in [2.24, 2.45) is 0 Å². The van der Waals surface area contributed by atoms with Crippen LogP contribution in [0.4, 0.5) is 10.8 Å². The number of furan rings is 1. The van der Waals surface area contributed by atoms with E-state index in [1.54, 1.807) is 24.3 Å². The smallest absolute Gasteiger partial charge is 0.293 e. The maximum atomic E-state index is 12.5. The lowest BCUT2D eigenvalue weighted by Crippen LogP contribution is -2.10. The fraction of sp³-hybridized carbons (Fsp3) is 0.0526. The van der Waals surface area contributed by atoms with Crippen molar-refractivity contribution >= 4 is 49.9 Å². The van der Waals surface area contributed by atoms with Crippen molar-refractivity contribution in [3.63, 3.8) is 0 Å². The number of carbonyl (C=O) groups excluding carboxylic acids is 1. The maximum Gasteiger partial charge on any atom is 0.293 e. The fourth-order valence-electron chi connectivity index (χ4n) is 2.72. The minimum Gasteiger partial charge on any atom is -0.494 e. The van der Waals surface area contributed by atoms with Crippen molar-refractivity contribution in [1.29, 1.82) is 0 Å². The number of ether oxygens (including phenoxy) is 1. The number of anilines is 1. The molecule has 0 aliphatic heterocycles. The Labute approximate surface area is 172 Å². The summed E-state index contributed by atoms with van der Waals surface area (Å²) < 4.78 is 11.3. The van der Waals surface area contributed by atoms with Crippen molar-refractivity contribution in [3.05, 3.63) is 69.4 Å². The number of rotatable bonds is 5. The number of benzene rings is 2. The summed E-state index contributed by atoms with van der Waals surface area (Å²) in [6, 6.07) is 13.0. The van der Waals surface area contributed by atoms with Gasteiger partial charge in [0.1, 0.15) is 11.3 Å². The number of hydrogen-bond acceptors (Lipinski definition) is 7. The Kier molecular flexibility index (Phi) is 4.91. The lowest BCUT2D eigenvalue weighted by Gasteiger charge is -2.01. The van der Waals surface area contributed by atoms with E-state index in [2.05, 4.69) is 10.3 Å². The summed E-state index contributed by atoms with van der Waals surface area (Å²) in [5.41, 5.74) is 0.978. The second-order valence-corrected chi connectivity index (χ2v) is 7.31. The van der Waals surface area contributed by atoms with Crippen molar-refractivity contribution in [2.45, 2.75) is 0 Å². The van der Waals surface area contributed by atoms with E-state index in [1.165, 1.54) is 25.3 Å². The molecule has 146 valence electrons. The molecular weight excluding hydrogens is 418 g/mol. The number of thiazole rings is 1. The SMILES string of the molecule is COc1cc([N+](=O)[O-])cc2sc(NC(=O)c3ccc(-c4ccccc4Cl)o3)nc12. The molecule has 1 amide bonds. The molecule has 0 saturated heterocycles. The molecular formula is C19H12ClN3O5S. The highest BCUT2D eigenvalue weighted by Gasteiger charge is 2.19. The number of halogens is 1. The van der Waals surface area contributed by atoms with Gasteiger partial charge in [-0.25, -0.2) is 4.98 Å². The molecule has 2 aromatic carbocycles. The Hall–Kier alpha value is -3.43. The fourth-order valence-corrected chi connectivity index (χ4v) is 3.86. The summed E-state index contributed by atoms with van der Waals surface area (Å²) >= 11 is 7.25. The topological polar surface area (TPSA) is 108 Å². The molecule has 1 N–H and O–H groups in total. The lowest BCUT2D eigenvalue weighted by molar-refractivity contribution is -0.384. The van der Waals surface area contributed by atoms with Crippen LogP contribution in [0.1, 0.15) is 10.6 Å². The van der Waals surface area contributed by atoms with Crippen LogP contribution in [0.3, 0.4) is 0 Å². The number of fused-ring (bicyclic) bond motifs is 1. The monoisotopic (exact) mass is 429 g/mol. The summed E-state index contributed by atoms with van der Waals surface area (Å²) in [7, 11) is 1.40. The molecule has 0 bridgehead atoms. The molecule has 0 spiro atoms. The third kappa shape index (κ3) is 3.65. The number of nitrogens with zero attached hydrogens (tertiary/aromatic N) is 2. The van der Waals surface area contributed by atoms with E-state index in [0.717, 1.165) is 11.3 Å². The first-order valence-corrected chi connectivity index (χ1v) is 9.45. The predicted molar refractivity (Wildman–Crippen MR) is 110 cm³/mol. The Morgan fingerprint density at radius 2 is 2.07 bits per heavy atom. The average Bonchev–Trinajstić information content (AvgIpc) is 3.34. The minimum absolute atomic E-state index is 0.0807. The van der Waals surface area contributed by atoms with Gasteiger partial charge in [0.05, 0.1) is 27.8 Å². The van der Waals surface area contributed by atoms with Crippen LogP contribution < -0.4 is 10.1 Å². The zero-order chi connectivity index (χ0) is 20.5. The van der Waals surface area contributed by atoms with Crippen molar-refractivity contribution < 1.29 is 18.9 Å². The van der Waals surface area contributed by atoms with E-state index in [1.807, 2.05) is 6.07 Å². The number of nitro groups is 1. The van der Waals surface area contributed by atoms with E-state index < -0.39 is 10.8 Å². The maximum absolute atomic E-state index is 12.5. The highest BCUT2D eigenvalue weighted by molar-refractivity contribution is 7.22. The number of nitro benzene ring substituents is 1. The number of nitrogens with one attached hydrogen (secondary N) is 1. The van der Waals surface area contributed by atoms with Crippen molar-refractivity contribution in [2.75, 3.05) is 12.4 Å². The molecule has 2 heterocycles. The number of non-ortho nitro benzene ring substituents is 1. The van der Waals surface area contributed by atoms with E-state index in [0.29, 0.717) is 26.6 Å². The molecule has 29 heavy (non-hydrogen) atoms. The van der Waals surface area contributed by atoms with Crippen molar-refractivity contribution in [3.8, 4) is 17.1 Å². The number of amides is 1. The second kappa shape index (κ2) is 7.53. The lowest BCUT2D eigenvalue weighted by atomic mass is 10.2. The molecule has 10 heteroatoms. The van der Waals surface area contributed by atoms with E-state index >= 15 is 0 Å². The molecule has 0 unspecified atom stereocenters. The highest BCUT2D eigenvalue weighted by atomic mass is 35.5. The molecule has 2 aromatic heterocycles. The van der Waals surface area contributed by atoms with Gasteiger partial charge in [-0.3, -0.25) is 20.2 Å². The third-order valence-electron chi connectivity index (χ3n) is 4.07. The van der Waals surface area contributed by atoms with Crippen LogP contribution >= 0.6 is 22.9 Å². The zero-order valence-corrected chi connectivity index (χ0v) is 16.4. The normalized spacial score (nSPS) is 10.8. The van der Waals surface area contributed by atoms with Gasteiger partial charge in [-0.15, -0.1) is 0 Å². The first-order chi connectivity index (χ1) is 14.0. The van der Waals surface area contributed by atoms with Gasteiger partial charge in [-0.2, -0.15) is 0 Å². The van der Waals surface area contributed by atoms with Gasteiger partial charge in [0.2, 0.25) is 0 Å². The van der Waals surface area contributed by atoms with E-state index in [9.17, 15) is 14.9 Å². The Morgan fingerprint density at radius 1 is 1.28 bits per heavy atom. The summed E-state index contributed by atoms with van der Waals surface area (Å²) in [6.07, 6.45) is 0. The van der Waals surface area contributed by atoms with Crippen molar-refractivity contribution in [1.82, 2.24) is 4.98 Å². The molecule has 0 aliphatic carbocycles. The van der Waals surface area contributed by atoms with Gasteiger partial charge in [0.15, 0.2) is 16.6 Å². The van der Waals surface area contributed by atoms with E-state index in [-0.39, 0.29) is 22.3 Å². The summed E-state index contributed by atoms with van der Waals surface area (Å²) in [6.45, 7) is 0. The molecule has 4 aromatic rings. The van der Waals surface area contributed by atoms with Crippen LogP contribution in [0.25, 0.3) is 21.5 Å². The van der Waals surface area contributed by atoms with Gasteiger partial charge in [-0.05, 0) is 24.3 Å². The summed E-state index contributed by atoms with van der Waals surface area (Å²) in [4.78, 5) is 27.4. The van der Waals surface area contributed by atoms with Gasteiger partial charge < -0.3 is 9.15 Å². The van der Waals surface area contributed by atoms with Crippen LogP contribution in [-0.4, -0.2) is 22.9 Å². The van der Waals surface area contributed by atoms with Gasteiger partial charge in [0, 0.05) is 11.6 Å². The standard InChI is InChI=1S/C19H12ClN3O5S/c1-27-15-8-10(23(25)26)9-16-17(15)21-19(29-16)22-18(24)14-7-6-13(28-14)11-4-2-3-5-12(11)20/h2-9H,1H3,(H,21,22,24). The minimum atomic E-state index is -0.515. The van der Waals surface area contributed by atoms with Crippen LogP contribution in [0.2, 0.25) is 5.02 Å². The quantitative estimate of drug-likeness (QED) is 0.337. The molecule has 8 nitrogen and oxygen atoms in total. The molecule has 0 aliphatic rings. The Balaban J connectivity index is 1.61. The average molecular weight is 430 g/mol. The second-order valence-electron chi connectivity index (χ2n) is 5.87. The highest BCUT2D eigenvalue weighted by Crippen LogP contribution is 2.36. The van der Waals surface area contributed by atoms with Gasteiger partial charge >= 0.3 is 0 Å². The first-order valence-electron chi connectivity index (χ1n) is 8.25. The molecule has 0 fully saturated rings. The van der Waals surface area contributed by atoms with E-state index in [4.69, 9.17) is 20.8 Å². The summed E-state index contributed by atoms with van der Waals surface area (Å²) in [5, 5.41) is 14.5. The summed E-state index contributed by atoms with van der Waals surface area (Å²) in [5.74, 6) is 0.292. The number of hydrogen-bond donors (Lipinski definition) is 1. The van der Waals surface area contributed by atoms with Crippen LogP contribution in [-0.2, 0) is 0 Å². The largest absolute Gasteiger partial charge is 0.494 e. The molecule has 0 radical (unpaired) electrons. The van der Waals surface area contributed by atoms with Gasteiger partial charge in [-0.1, -0.05) is 35.1 Å². The number of aromatic nitrogens is 1. The van der Waals surface area contributed by atoms with Crippen LogP contribution in [0.15, 0.2) is 52.9 Å². The first kappa shape index (κ1) is 18.9. The number of carbonyl (C=O) groups is 1. The Bertz CT molecular complexity index is 1250. The van der Waals surface area contributed by atoms with Crippen LogP contribution in [0, 0.1) is 10.1 Å². The molecule has 0 saturated carbocycles. The van der Waals surface area contributed by atoms with Gasteiger partial charge in [0.25, 0.3) is 11.6 Å². The molecule has 0 atom stereocenters. The Morgan fingerprint density at radius 3 is 2.79 bits per heavy atom. The zero-order valence-electron chi connectivity index (χ0n) is 14.8. The number of methoxy groups -OCH3 is 1. The van der Waals surface area contributed by atoms with Crippen LogP contribution in [0.5, 0.6) is 5.75 Å². The predicted octanol–water partition coefficient (Wildman–Crippen LogP) is 5.38.